The van der Waals surface area contributed by atoms with Crippen molar-refractivity contribution in [3.8, 4) is 0 Å². The predicted molar refractivity (Wildman–Crippen MR) is 144 cm³/mol. The fourth-order valence-corrected chi connectivity index (χ4v) is 4.98. The van der Waals surface area contributed by atoms with Crippen molar-refractivity contribution in [3.05, 3.63) is 29.5 Å². The first-order valence-corrected chi connectivity index (χ1v) is 13.8. The quantitative estimate of drug-likeness (QED) is 0.528. The fourth-order valence-electron chi connectivity index (χ4n) is 4.98. The van der Waals surface area contributed by atoms with E-state index in [1.54, 1.807) is 16.6 Å². The van der Waals surface area contributed by atoms with Crippen LogP contribution in [0.4, 0.5) is 0 Å². The lowest BCUT2D eigenvalue weighted by molar-refractivity contribution is -0.139. The normalized spacial score (nSPS) is 18.2. The van der Waals surface area contributed by atoms with Crippen LogP contribution >= 0.6 is 0 Å². The van der Waals surface area contributed by atoms with E-state index in [2.05, 4.69) is 30.3 Å². The molecule has 1 aromatic heterocycles. The topological polar surface area (TPSA) is 84.3 Å². The van der Waals surface area contributed by atoms with E-state index in [1.807, 2.05) is 12.1 Å². The molecular weight excluding hydrogens is 452 g/mol. The van der Waals surface area contributed by atoms with Crippen LogP contribution in [0, 0.1) is 5.92 Å². The molecule has 0 bridgehead atoms. The maximum atomic E-state index is 13.4. The molecule has 7 heteroatoms. The Labute approximate surface area is 216 Å². The Morgan fingerprint density at radius 1 is 1.08 bits per heavy atom. The molecule has 0 aliphatic carbocycles. The molecule has 1 aliphatic heterocycles. The van der Waals surface area contributed by atoms with E-state index in [4.69, 9.17) is 0 Å². The SMILES string of the molecule is CC(=O)c1nn(CC(=O)N(C)C2CCCCCCCCCCNC2=O)c2ccc(CCC(C)C)cc12. The number of nitrogens with one attached hydrogen (secondary N) is 1. The zero-order valence-corrected chi connectivity index (χ0v) is 22.6. The first-order chi connectivity index (χ1) is 17.3. The highest BCUT2D eigenvalue weighted by molar-refractivity contribution is 6.05. The molecule has 2 amide bonds. The van der Waals surface area contributed by atoms with Crippen molar-refractivity contribution >= 4 is 28.5 Å². The predicted octanol–water partition coefficient (Wildman–Crippen LogP) is 5.30. The van der Waals surface area contributed by atoms with Crippen LogP contribution in [0.1, 0.15) is 101 Å². The number of ketones is 1. The molecule has 1 unspecified atom stereocenters. The molecule has 1 fully saturated rings. The molecule has 2 aromatic rings. The van der Waals surface area contributed by atoms with Gasteiger partial charge in [-0.15, -0.1) is 0 Å². The van der Waals surface area contributed by atoms with Crippen molar-refractivity contribution in [2.45, 2.75) is 104 Å². The summed E-state index contributed by atoms with van der Waals surface area (Å²) in [6, 6.07) is 5.57. The Bertz CT molecular complexity index is 1040. The number of likely N-dealkylation sites (N-methyl/N-ethyl adjacent to an activating group) is 1. The molecule has 1 N–H and O–H groups in total. The Kier molecular flexibility index (Phi) is 10.5. The molecular formula is C29H44N4O3. The monoisotopic (exact) mass is 496 g/mol. The number of fused-ring (bicyclic) bond motifs is 1. The molecule has 1 aromatic carbocycles. The molecule has 1 aliphatic rings. The van der Waals surface area contributed by atoms with Gasteiger partial charge in [-0.3, -0.25) is 19.1 Å². The minimum atomic E-state index is -0.491. The van der Waals surface area contributed by atoms with Gasteiger partial charge in [0, 0.05) is 25.9 Å². The summed E-state index contributed by atoms with van der Waals surface area (Å²) in [5.41, 5.74) is 2.34. The lowest BCUT2D eigenvalue weighted by atomic mass is 10.0. The molecule has 198 valence electrons. The first kappa shape index (κ1) is 27.9. The molecule has 7 nitrogen and oxygen atoms in total. The van der Waals surface area contributed by atoms with Crippen molar-refractivity contribution in [1.29, 1.82) is 0 Å². The van der Waals surface area contributed by atoms with Gasteiger partial charge in [-0.25, -0.2) is 0 Å². The van der Waals surface area contributed by atoms with Gasteiger partial charge in [0.25, 0.3) is 0 Å². The fraction of sp³-hybridized carbons (Fsp3) is 0.655. The van der Waals surface area contributed by atoms with Crippen LogP contribution in [0.25, 0.3) is 10.9 Å². The molecule has 0 radical (unpaired) electrons. The average Bonchev–Trinajstić information content (AvgIpc) is 3.21. The van der Waals surface area contributed by atoms with Crippen molar-refractivity contribution in [1.82, 2.24) is 20.0 Å². The van der Waals surface area contributed by atoms with E-state index in [0.29, 0.717) is 24.6 Å². The summed E-state index contributed by atoms with van der Waals surface area (Å²) < 4.78 is 1.62. The van der Waals surface area contributed by atoms with Gasteiger partial charge in [0.15, 0.2) is 5.78 Å². The van der Waals surface area contributed by atoms with Crippen LogP contribution in [0.2, 0.25) is 0 Å². The van der Waals surface area contributed by atoms with Crippen LogP contribution < -0.4 is 5.32 Å². The number of aromatic nitrogens is 2. The van der Waals surface area contributed by atoms with Gasteiger partial charge in [-0.2, -0.15) is 5.10 Å². The standard InChI is InChI=1S/C29H44N4O3/c1-21(2)14-15-23-16-17-25-24(19-23)28(22(3)34)31-33(25)20-27(35)32(4)26-13-11-9-7-5-6-8-10-12-18-30-29(26)36/h16-17,19,21,26H,5-15,18,20H2,1-4H3,(H,30,36). The van der Waals surface area contributed by atoms with Gasteiger partial charge < -0.3 is 10.2 Å². The molecule has 1 atom stereocenters. The number of hydrogen-bond acceptors (Lipinski definition) is 4. The smallest absolute Gasteiger partial charge is 0.244 e. The van der Waals surface area contributed by atoms with Gasteiger partial charge in [0.2, 0.25) is 11.8 Å². The van der Waals surface area contributed by atoms with E-state index < -0.39 is 6.04 Å². The third kappa shape index (κ3) is 7.65. The zero-order chi connectivity index (χ0) is 26.1. The zero-order valence-electron chi connectivity index (χ0n) is 22.6. The van der Waals surface area contributed by atoms with Crippen molar-refractivity contribution in [2.75, 3.05) is 13.6 Å². The number of Topliss-reactive ketones (excluding diaryl/α,β-unsaturated/α-hetero) is 1. The van der Waals surface area contributed by atoms with Gasteiger partial charge >= 0.3 is 0 Å². The van der Waals surface area contributed by atoms with Crippen LogP contribution in [-0.4, -0.2) is 51.9 Å². The highest BCUT2D eigenvalue weighted by Crippen LogP contribution is 2.23. The second-order valence-electron chi connectivity index (χ2n) is 10.8. The van der Waals surface area contributed by atoms with Gasteiger partial charge in [-0.1, -0.05) is 64.9 Å². The summed E-state index contributed by atoms with van der Waals surface area (Å²) in [5, 5.41) is 8.36. The van der Waals surface area contributed by atoms with E-state index in [9.17, 15) is 14.4 Å². The van der Waals surface area contributed by atoms with E-state index in [0.717, 1.165) is 49.4 Å². The molecule has 3 rings (SSSR count). The number of rotatable bonds is 7. The average molecular weight is 497 g/mol. The largest absolute Gasteiger partial charge is 0.354 e. The van der Waals surface area contributed by atoms with E-state index in [1.165, 1.54) is 38.2 Å². The summed E-state index contributed by atoms with van der Waals surface area (Å²) in [5.74, 6) is 0.231. The Hall–Kier alpha value is -2.70. The third-order valence-electron chi connectivity index (χ3n) is 7.31. The second-order valence-corrected chi connectivity index (χ2v) is 10.8. The molecule has 1 saturated heterocycles. The Balaban J connectivity index is 1.77. The first-order valence-electron chi connectivity index (χ1n) is 13.8. The number of carbonyl (C=O) groups excluding carboxylic acids is 3. The molecule has 0 spiro atoms. The molecule has 2 heterocycles. The summed E-state index contributed by atoms with van der Waals surface area (Å²) in [4.78, 5) is 40.3. The molecule has 36 heavy (non-hydrogen) atoms. The van der Waals surface area contributed by atoms with E-state index in [-0.39, 0.29) is 24.1 Å². The summed E-state index contributed by atoms with van der Waals surface area (Å²) in [6.07, 6.45) is 11.7. The van der Waals surface area contributed by atoms with Crippen molar-refractivity contribution in [2.24, 2.45) is 5.92 Å². The van der Waals surface area contributed by atoms with Crippen LogP contribution in [0.15, 0.2) is 18.2 Å². The van der Waals surface area contributed by atoms with Crippen molar-refractivity contribution in [3.63, 3.8) is 0 Å². The lowest BCUT2D eigenvalue weighted by Gasteiger charge is -2.27. The molecule has 0 saturated carbocycles. The number of nitrogens with zero attached hydrogens (tertiary/aromatic N) is 3. The number of hydrogen-bond donors (Lipinski definition) is 1. The summed E-state index contributed by atoms with van der Waals surface area (Å²) in [7, 11) is 1.71. The van der Waals surface area contributed by atoms with E-state index >= 15 is 0 Å². The number of benzene rings is 1. The Morgan fingerprint density at radius 3 is 2.42 bits per heavy atom. The minimum absolute atomic E-state index is 0.00456. The maximum absolute atomic E-state index is 13.4. The Morgan fingerprint density at radius 2 is 1.75 bits per heavy atom. The van der Waals surface area contributed by atoms with Gasteiger partial charge in [-0.05, 0) is 49.3 Å². The van der Waals surface area contributed by atoms with Crippen LogP contribution in [-0.2, 0) is 22.6 Å². The lowest BCUT2D eigenvalue weighted by Crippen LogP contribution is -2.48. The van der Waals surface area contributed by atoms with Crippen LogP contribution in [0.3, 0.4) is 0 Å². The summed E-state index contributed by atoms with van der Waals surface area (Å²) in [6.45, 7) is 6.56. The number of carbonyl (C=O) groups is 3. The highest BCUT2D eigenvalue weighted by Gasteiger charge is 2.27. The van der Waals surface area contributed by atoms with Crippen molar-refractivity contribution < 1.29 is 14.4 Å². The highest BCUT2D eigenvalue weighted by atomic mass is 16.2. The second kappa shape index (κ2) is 13.6. The van der Waals surface area contributed by atoms with Gasteiger partial charge in [0.05, 0.1) is 5.52 Å². The summed E-state index contributed by atoms with van der Waals surface area (Å²) >= 11 is 0. The van der Waals surface area contributed by atoms with Crippen LogP contribution in [0.5, 0.6) is 0 Å². The number of aryl methyl sites for hydroxylation is 1. The van der Waals surface area contributed by atoms with Gasteiger partial charge in [0.1, 0.15) is 18.3 Å². The minimum Gasteiger partial charge on any atom is -0.354 e. The number of amides is 2. The maximum Gasteiger partial charge on any atom is 0.244 e. The third-order valence-corrected chi connectivity index (χ3v) is 7.31.